The number of aryl methyl sites for hydroxylation is 1. The number of piperazine rings is 1. The van der Waals surface area contributed by atoms with Gasteiger partial charge >= 0.3 is 0 Å². The van der Waals surface area contributed by atoms with Crippen LogP contribution in [0.25, 0.3) is 10.6 Å². The Morgan fingerprint density at radius 2 is 2.16 bits per heavy atom. The molecule has 1 aromatic heterocycles. The van der Waals surface area contributed by atoms with Gasteiger partial charge in [0.15, 0.2) is 0 Å². The van der Waals surface area contributed by atoms with Crippen molar-refractivity contribution in [3.8, 4) is 10.6 Å². The molecular weight excluding hydrogens is 254 g/mol. The Kier molecular flexibility index (Phi) is 3.92. The second-order valence-corrected chi connectivity index (χ2v) is 5.88. The van der Waals surface area contributed by atoms with Gasteiger partial charge in [0.1, 0.15) is 5.01 Å². The highest BCUT2D eigenvalue weighted by molar-refractivity contribution is 7.13. The van der Waals surface area contributed by atoms with Crippen molar-refractivity contribution in [1.82, 2.24) is 15.2 Å². The van der Waals surface area contributed by atoms with Gasteiger partial charge in [-0.3, -0.25) is 4.90 Å². The Hall–Kier alpha value is -1.23. The van der Waals surface area contributed by atoms with Gasteiger partial charge in [0.2, 0.25) is 0 Å². The Balaban J connectivity index is 1.75. The van der Waals surface area contributed by atoms with E-state index in [1.807, 2.05) is 6.92 Å². The summed E-state index contributed by atoms with van der Waals surface area (Å²) < 4.78 is 0. The molecule has 3 nitrogen and oxygen atoms in total. The number of nitrogens with one attached hydrogen (secondary N) is 1. The van der Waals surface area contributed by atoms with E-state index in [4.69, 9.17) is 0 Å². The number of nitrogens with zero attached hydrogens (tertiary/aromatic N) is 2. The molecule has 1 N–H and O–H groups in total. The first-order valence-electron chi connectivity index (χ1n) is 6.76. The highest BCUT2D eigenvalue weighted by Gasteiger charge is 2.10. The molecule has 1 saturated heterocycles. The minimum atomic E-state index is 1.04. The zero-order chi connectivity index (χ0) is 13.1. The fraction of sp³-hybridized carbons (Fsp3) is 0.400. The van der Waals surface area contributed by atoms with Crippen molar-refractivity contribution in [2.45, 2.75) is 13.5 Å². The molecule has 19 heavy (non-hydrogen) atoms. The molecule has 3 rings (SSSR count). The van der Waals surface area contributed by atoms with E-state index in [-0.39, 0.29) is 0 Å². The first-order chi connectivity index (χ1) is 9.31. The molecule has 2 heterocycles. The average Bonchev–Trinajstić information content (AvgIpc) is 2.87. The highest BCUT2D eigenvalue weighted by Crippen LogP contribution is 2.24. The van der Waals surface area contributed by atoms with Crippen molar-refractivity contribution < 1.29 is 0 Å². The molecule has 0 saturated carbocycles. The van der Waals surface area contributed by atoms with E-state index >= 15 is 0 Å². The summed E-state index contributed by atoms with van der Waals surface area (Å²) >= 11 is 1.72. The summed E-state index contributed by atoms with van der Waals surface area (Å²) in [6.07, 6.45) is 0. The van der Waals surface area contributed by atoms with Crippen molar-refractivity contribution in [2.75, 3.05) is 26.2 Å². The molecule has 2 aromatic rings. The summed E-state index contributed by atoms with van der Waals surface area (Å²) in [6, 6.07) is 8.79. The second-order valence-electron chi connectivity index (χ2n) is 5.02. The Labute approximate surface area is 118 Å². The van der Waals surface area contributed by atoms with Gasteiger partial charge in [-0.1, -0.05) is 18.2 Å². The van der Waals surface area contributed by atoms with Gasteiger partial charge < -0.3 is 5.32 Å². The minimum absolute atomic E-state index is 1.04. The van der Waals surface area contributed by atoms with E-state index in [9.17, 15) is 0 Å². The molecule has 1 aromatic carbocycles. The molecule has 1 aliphatic heterocycles. The van der Waals surface area contributed by atoms with E-state index in [2.05, 4.69) is 44.8 Å². The minimum Gasteiger partial charge on any atom is -0.314 e. The molecule has 0 radical (unpaired) electrons. The Morgan fingerprint density at radius 1 is 1.32 bits per heavy atom. The van der Waals surface area contributed by atoms with E-state index in [1.165, 1.54) is 11.1 Å². The van der Waals surface area contributed by atoms with Gasteiger partial charge in [0.25, 0.3) is 0 Å². The number of hydrogen-bond acceptors (Lipinski definition) is 4. The maximum atomic E-state index is 4.56. The third kappa shape index (κ3) is 3.21. The lowest BCUT2D eigenvalue weighted by Gasteiger charge is -2.27. The second kappa shape index (κ2) is 5.82. The summed E-state index contributed by atoms with van der Waals surface area (Å²) in [7, 11) is 0. The number of rotatable bonds is 3. The largest absolute Gasteiger partial charge is 0.314 e. The van der Waals surface area contributed by atoms with Crippen LogP contribution in [0.4, 0.5) is 0 Å². The van der Waals surface area contributed by atoms with Crippen LogP contribution in [0.5, 0.6) is 0 Å². The fourth-order valence-corrected chi connectivity index (χ4v) is 3.21. The number of hydrogen-bond donors (Lipinski definition) is 1. The Morgan fingerprint density at radius 3 is 2.89 bits per heavy atom. The average molecular weight is 273 g/mol. The van der Waals surface area contributed by atoms with E-state index in [0.29, 0.717) is 0 Å². The van der Waals surface area contributed by atoms with Crippen LogP contribution in [-0.4, -0.2) is 36.1 Å². The third-order valence-corrected chi connectivity index (χ3v) is 4.42. The van der Waals surface area contributed by atoms with Crippen molar-refractivity contribution >= 4 is 11.3 Å². The molecule has 0 atom stereocenters. The van der Waals surface area contributed by atoms with Crippen molar-refractivity contribution in [2.24, 2.45) is 0 Å². The summed E-state index contributed by atoms with van der Waals surface area (Å²) in [4.78, 5) is 7.07. The van der Waals surface area contributed by atoms with Crippen LogP contribution < -0.4 is 5.32 Å². The molecule has 0 bridgehead atoms. The maximum Gasteiger partial charge on any atom is 0.123 e. The first-order valence-corrected chi connectivity index (χ1v) is 7.64. The van der Waals surface area contributed by atoms with Gasteiger partial charge in [-0.2, -0.15) is 0 Å². The van der Waals surface area contributed by atoms with Crippen LogP contribution in [0.3, 0.4) is 0 Å². The predicted molar refractivity (Wildman–Crippen MR) is 80.4 cm³/mol. The predicted octanol–water partition coefficient (Wildman–Crippen LogP) is 2.52. The fourth-order valence-electron chi connectivity index (χ4n) is 2.42. The molecule has 4 heteroatoms. The molecule has 1 aliphatic rings. The summed E-state index contributed by atoms with van der Waals surface area (Å²) in [6.45, 7) is 7.57. The summed E-state index contributed by atoms with van der Waals surface area (Å²) in [5, 5.41) is 6.62. The van der Waals surface area contributed by atoms with Crippen LogP contribution in [-0.2, 0) is 6.54 Å². The molecule has 0 unspecified atom stereocenters. The smallest absolute Gasteiger partial charge is 0.123 e. The van der Waals surface area contributed by atoms with Crippen LogP contribution in [0.2, 0.25) is 0 Å². The van der Waals surface area contributed by atoms with Crippen molar-refractivity contribution in [3.63, 3.8) is 0 Å². The topological polar surface area (TPSA) is 28.2 Å². The quantitative estimate of drug-likeness (QED) is 0.931. The molecule has 100 valence electrons. The molecule has 1 fully saturated rings. The molecular formula is C15H19N3S. The molecule has 0 amide bonds. The number of aromatic nitrogens is 1. The van der Waals surface area contributed by atoms with Gasteiger partial charge in [-0.25, -0.2) is 4.98 Å². The lowest BCUT2D eigenvalue weighted by atomic mass is 10.1. The molecule has 0 spiro atoms. The van der Waals surface area contributed by atoms with E-state index in [0.717, 1.165) is 43.4 Å². The standard InChI is InChI=1S/C15H19N3S/c1-12-11-19-15(17-12)14-4-2-3-13(9-14)10-18-7-5-16-6-8-18/h2-4,9,11,16H,5-8,10H2,1H3. The monoisotopic (exact) mass is 273 g/mol. The first kappa shape index (κ1) is 12.8. The van der Waals surface area contributed by atoms with Gasteiger partial charge in [0.05, 0.1) is 0 Å². The van der Waals surface area contributed by atoms with Crippen LogP contribution in [0.15, 0.2) is 29.6 Å². The van der Waals surface area contributed by atoms with E-state index < -0.39 is 0 Å². The summed E-state index contributed by atoms with van der Waals surface area (Å²) in [5.41, 5.74) is 3.73. The normalized spacial score (nSPS) is 16.7. The van der Waals surface area contributed by atoms with E-state index in [1.54, 1.807) is 11.3 Å². The van der Waals surface area contributed by atoms with Crippen molar-refractivity contribution in [3.05, 3.63) is 40.9 Å². The zero-order valence-electron chi connectivity index (χ0n) is 11.2. The van der Waals surface area contributed by atoms with Gasteiger partial charge in [-0.15, -0.1) is 11.3 Å². The Bertz CT molecular complexity index is 544. The zero-order valence-corrected chi connectivity index (χ0v) is 12.0. The van der Waals surface area contributed by atoms with Crippen LogP contribution in [0, 0.1) is 6.92 Å². The highest BCUT2D eigenvalue weighted by atomic mass is 32.1. The SMILES string of the molecule is Cc1csc(-c2cccc(CN3CCNCC3)c2)n1. The number of benzene rings is 1. The summed E-state index contributed by atoms with van der Waals surface area (Å²) in [5.74, 6) is 0. The van der Waals surface area contributed by atoms with Crippen LogP contribution >= 0.6 is 11.3 Å². The lowest BCUT2D eigenvalue weighted by Crippen LogP contribution is -2.42. The van der Waals surface area contributed by atoms with Crippen molar-refractivity contribution in [1.29, 1.82) is 0 Å². The lowest BCUT2D eigenvalue weighted by molar-refractivity contribution is 0.233. The van der Waals surface area contributed by atoms with Gasteiger partial charge in [-0.05, 0) is 18.6 Å². The number of thiazole rings is 1. The third-order valence-electron chi connectivity index (χ3n) is 3.41. The molecule has 0 aliphatic carbocycles. The van der Waals surface area contributed by atoms with Gasteiger partial charge in [0, 0.05) is 49.4 Å². The maximum absolute atomic E-state index is 4.56. The van der Waals surface area contributed by atoms with Crippen LogP contribution in [0.1, 0.15) is 11.3 Å².